The summed E-state index contributed by atoms with van der Waals surface area (Å²) >= 11 is 7.56. The molecule has 2 heterocycles. The monoisotopic (exact) mass is 228 g/mol. The molecule has 0 radical (unpaired) electrons. The van der Waals surface area contributed by atoms with Gasteiger partial charge in [0, 0.05) is 6.54 Å². The third-order valence-corrected chi connectivity index (χ3v) is 3.15. The van der Waals surface area contributed by atoms with Crippen molar-refractivity contribution in [3.63, 3.8) is 0 Å². The zero-order chi connectivity index (χ0) is 9.97. The molecule has 0 bridgehead atoms. The summed E-state index contributed by atoms with van der Waals surface area (Å²) in [4.78, 5) is 5.06. The lowest BCUT2D eigenvalue weighted by Crippen LogP contribution is -2.06. The van der Waals surface area contributed by atoms with Crippen LogP contribution in [-0.4, -0.2) is 12.0 Å². The first-order valence-electron chi connectivity index (χ1n) is 4.13. The molecule has 14 heavy (non-hydrogen) atoms. The Kier molecular flexibility index (Phi) is 2.86. The van der Waals surface area contributed by atoms with Gasteiger partial charge in [0.05, 0.1) is 9.90 Å². The number of oxazole rings is 1. The topological polar surface area (TPSA) is 38.1 Å². The Morgan fingerprint density at radius 2 is 2.50 bits per heavy atom. The number of aromatic nitrogens is 1. The third-order valence-electron chi connectivity index (χ3n) is 1.81. The van der Waals surface area contributed by atoms with E-state index in [1.807, 2.05) is 18.5 Å². The second kappa shape index (κ2) is 4.13. The van der Waals surface area contributed by atoms with Crippen molar-refractivity contribution in [2.24, 2.45) is 0 Å². The van der Waals surface area contributed by atoms with Gasteiger partial charge in [0.25, 0.3) is 0 Å². The van der Waals surface area contributed by atoms with Crippen LogP contribution in [0.3, 0.4) is 0 Å². The fourth-order valence-electron chi connectivity index (χ4n) is 1.20. The van der Waals surface area contributed by atoms with E-state index in [1.54, 1.807) is 11.3 Å². The van der Waals surface area contributed by atoms with Crippen molar-refractivity contribution in [1.82, 2.24) is 10.3 Å². The molecule has 0 unspecified atom stereocenters. The molecule has 3 nitrogen and oxygen atoms in total. The van der Waals surface area contributed by atoms with Gasteiger partial charge in [-0.25, -0.2) is 4.98 Å². The molecule has 0 aliphatic rings. The Hall–Kier alpha value is -0.840. The van der Waals surface area contributed by atoms with Crippen molar-refractivity contribution in [2.45, 2.75) is 6.54 Å². The molecule has 0 fully saturated rings. The number of nitrogens with zero attached hydrogens (tertiary/aromatic N) is 1. The molecule has 2 aromatic heterocycles. The van der Waals surface area contributed by atoms with E-state index in [0.29, 0.717) is 11.6 Å². The Balaban J connectivity index is 2.41. The van der Waals surface area contributed by atoms with E-state index >= 15 is 0 Å². The van der Waals surface area contributed by atoms with Gasteiger partial charge in [-0.2, -0.15) is 0 Å². The largest absolute Gasteiger partial charge is 0.442 e. The molecule has 0 amide bonds. The Morgan fingerprint density at radius 3 is 3.14 bits per heavy atom. The number of hydrogen-bond donors (Lipinski definition) is 1. The van der Waals surface area contributed by atoms with Gasteiger partial charge in [-0.1, -0.05) is 11.6 Å². The SMILES string of the molecule is CNCc1ncoc1-c1sccc1Cl. The van der Waals surface area contributed by atoms with Crippen LogP contribution in [0.25, 0.3) is 10.6 Å². The molecule has 0 aliphatic carbocycles. The summed E-state index contributed by atoms with van der Waals surface area (Å²) in [6.45, 7) is 0.681. The Bertz CT molecular complexity index is 424. The van der Waals surface area contributed by atoms with Gasteiger partial charge in [-0.05, 0) is 18.5 Å². The van der Waals surface area contributed by atoms with E-state index in [4.69, 9.17) is 16.0 Å². The van der Waals surface area contributed by atoms with E-state index < -0.39 is 0 Å². The minimum atomic E-state index is 0.681. The molecular formula is C9H9ClN2OS. The van der Waals surface area contributed by atoms with Gasteiger partial charge in [0.15, 0.2) is 12.2 Å². The van der Waals surface area contributed by atoms with Gasteiger partial charge in [0.1, 0.15) is 5.69 Å². The highest BCUT2D eigenvalue weighted by atomic mass is 35.5. The van der Waals surface area contributed by atoms with Gasteiger partial charge >= 0.3 is 0 Å². The van der Waals surface area contributed by atoms with E-state index in [2.05, 4.69) is 10.3 Å². The maximum absolute atomic E-state index is 6.01. The van der Waals surface area contributed by atoms with Crippen molar-refractivity contribution >= 4 is 22.9 Å². The zero-order valence-corrected chi connectivity index (χ0v) is 9.15. The van der Waals surface area contributed by atoms with Crippen molar-refractivity contribution in [3.05, 3.63) is 28.6 Å². The van der Waals surface area contributed by atoms with Crippen LogP contribution in [-0.2, 0) is 6.54 Å². The van der Waals surface area contributed by atoms with Crippen molar-refractivity contribution in [1.29, 1.82) is 0 Å². The van der Waals surface area contributed by atoms with Crippen LogP contribution in [0.1, 0.15) is 5.69 Å². The van der Waals surface area contributed by atoms with Crippen molar-refractivity contribution in [3.8, 4) is 10.6 Å². The van der Waals surface area contributed by atoms with E-state index in [-0.39, 0.29) is 0 Å². The lowest BCUT2D eigenvalue weighted by atomic mass is 10.3. The molecule has 0 aromatic carbocycles. The predicted octanol–water partition coefficient (Wildman–Crippen LogP) is 2.78. The number of halogens is 1. The highest BCUT2D eigenvalue weighted by molar-refractivity contribution is 7.14. The summed E-state index contributed by atoms with van der Waals surface area (Å²) in [7, 11) is 1.87. The molecule has 0 saturated carbocycles. The summed E-state index contributed by atoms with van der Waals surface area (Å²) in [5.74, 6) is 0.763. The predicted molar refractivity (Wildman–Crippen MR) is 57.6 cm³/mol. The molecule has 0 atom stereocenters. The van der Waals surface area contributed by atoms with Crippen LogP contribution >= 0.6 is 22.9 Å². The lowest BCUT2D eigenvalue weighted by molar-refractivity contribution is 0.571. The van der Waals surface area contributed by atoms with E-state index in [1.165, 1.54) is 6.39 Å². The summed E-state index contributed by atoms with van der Waals surface area (Å²) in [6, 6.07) is 1.85. The maximum Gasteiger partial charge on any atom is 0.181 e. The highest BCUT2D eigenvalue weighted by Gasteiger charge is 2.14. The van der Waals surface area contributed by atoms with Gasteiger partial charge in [-0.15, -0.1) is 11.3 Å². The standard InChI is InChI=1S/C9H9ClN2OS/c1-11-4-7-8(13-5-12-7)9-6(10)2-3-14-9/h2-3,5,11H,4H2,1H3. The lowest BCUT2D eigenvalue weighted by Gasteiger charge is -1.97. The van der Waals surface area contributed by atoms with E-state index in [0.717, 1.165) is 16.3 Å². The van der Waals surface area contributed by atoms with Crippen LogP contribution in [0.2, 0.25) is 5.02 Å². The number of thiophene rings is 1. The first kappa shape index (κ1) is 9.71. The molecule has 0 spiro atoms. The van der Waals surface area contributed by atoms with Crippen LogP contribution in [0.4, 0.5) is 0 Å². The normalized spacial score (nSPS) is 10.7. The summed E-state index contributed by atoms with van der Waals surface area (Å²) in [5, 5.41) is 5.68. The smallest absolute Gasteiger partial charge is 0.181 e. The Labute approximate surface area is 90.7 Å². The molecule has 0 saturated heterocycles. The quantitative estimate of drug-likeness (QED) is 0.878. The average Bonchev–Trinajstić information content (AvgIpc) is 2.74. The Morgan fingerprint density at radius 1 is 1.64 bits per heavy atom. The number of rotatable bonds is 3. The van der Waals surface area contributed by atoms with Gasteiger partial charge < -0.3 is 9.73 Å². The molecule has 5 heteroatoms. The average molecular weight is 229 g/mol. The summed E-state index contributed by atoms with van der Waals surface area (Å²) < 4.78 is 5.32. The van der Waals surface area contributed by atoms with Crippen molar-refractivity contribution < 1.29 is 4.42 Å². The minimum Gasteiger partial charge on any atom is -0.442 e. The van der Waals surface area contributed by atoms with Gasteiger partial charge in [0.2, 0.25) is 0 Å². The molecule has 74 valence electrons. The third kappa shape index (κ3) is 1.68. The van der Waals surface area contributed by atoms with E-state index in [9.17, 15) is 0 Å². The highest BCUT2D eigenvalue weighted by Crippen LogP contribution is 2.34. The summed E-state index contributed by atoms with van der Waals surface area (Å²) in [5.41, 5.74) is 0.886. The molecule has 1 N–H and O–H groups in total. The number of nitrogens with one attached hydrogen (secondary N) is 1. The zero-order valence-electron chi connectivity index (χ0n) is 7.58. The van der Waals surface area contributed by atoms with Gasteiger partial charge in [-0.3, -0.25) is 0 Å². The second-order valence-corrected chi connectivity index (χ2v) is 4.08. The fourth-order valence-corrected chi connectivity index (χ4v) is 2.35. The van der Waals surface area contributed by atoms with Crippen LogP contribution in [0.15, 0.2) is 22.3 Å². The first-order valence-corrected chi connectivity index (χ1v) is 5.39. The molecule has 2 rings (SSSR count). The second-order valence-electron chi connectivity index (χ2n) is 2.76. The maximum atomic E-state index is 6.01. The van der Waals surface area contributed by atoms with Crippen LogP contribution in [0, 0.1) is 0 Å². The van der Waals surface area contributed by atoms with Crippen molar-refractivity contribution in [2.75, 3.05) is 7.05 Å². The van der Waals surface area contributed by atoms with Crippen LogP contribution in [0.5, 0.6) is 0 Å². The number of hydrogen-bond acceptors (Lipinski definition) is 4. The minimum absolute atomic E-state index is 0.681. The fraction of sp³-hybridized carbons (Fsp3) is 0.222. The molecule has 2 aromatic rings. The van der Waals surface area contributed by atoms with Crippen LogP contribution < -0.4 is 5.32 Å². The molecule has 0 aliphatic heterocycles. The molecular weight excluding hydrogens is 220 g/mol. The summed E-state index contributed by atoms with van der Waals surface area (Å²) in [6.07, 6.45) is 1.44. The first-order chi connectivity index (χ1) is 6.83.